The third-order valence-electron chi connectivity index (χ3n) is 3.15. The number of hydrogen-bond acceptors (Lipinski definition) is 3. The van der Waals surface area contributed by atoms with Crippen molar-refractivity contribution in [3.05, 3.63) is 29.3 Å². The van der Waals surface area contributed by atoms with Crippen LogP contribution in [0.4, 0.5) is 19.3 Å². The van der Waals surface area contributed by atoms with Crippen molar-refractivity contribution in [3.63, 3.8) is 0 Å². The number of halogens is 2. The predicted octanol–water partition coefficient (Wildman–Crippen LogP) is 1.59. The Balaban J connectivity index is 2.11. The van der Waals surface area contributed by atoms with E-state index in [0.29, 0.717) is 0 Å². The molecule has 1 fully saturated rings. The summed E-state index contributed by atoms with van der Waals surface area (Å²) in [6, 6.07) is 1.54. The van der Waals surface area contributed by atoms with E-state index < -0.39 is 35.4 Å². The van der Waals surface area contributed by atoms with E-state index in [1.165, 1.54) is 13.0 Å². The Bertz CT molecular complexity index is 580. The lowest BCUT2D eigenvalue weighted by Crippen LogP contribution is -2.50. The Morgan fingerprint density at radius 3 is 2.81 bits per heavy atom. The second-order valence-corrected chi connectivity index (χ2v) is 4.63. The smallest absolute Gasteiger partial charge is 0.334 e. The zero-order valence-corrected chi connectivity index (χ0v) is 11.2. The maximum Gasteiger partial charge on any atom is 0.334 e. The normalized spacial score (nSPS) is 18.4. The molecule has 0 bridgehead atoms. The summed E-state index contributed by atoms with van der Waals surface area (Å²) < 4.78 is 32.3. The monoisotopic (exact) mass is 300 g/mol. The minimum Gasteiger partial charge on any atom is -0.479 e. The first-order valence-corrected chi connectivity index (χ1v) is 6.25. The van der Waals surface area contributed by atoms with Crippen LogP contribution in [0, 0.1) is 18.6 Å². The average molecular weight is 300 g/mol. The minimum atomic E-state index is -1.19. The highest BCUT2D eigenvalue weighted by atomic mass is 19.1. The molecule has 1 aromatic rings. The highest BCUT2D eigenvalue weighted by Crippen LogP contribution is 2.22. The molecule has 114 valence electrons. The van der Waals surface area contributed by atoms with Crippen LogP contribution in [0.25, 0.3) is 0 Å². The van der Waals surface area contributed by atoms with Crippen molar-refractivity contribution in [2.24, 2.45) is 0 Å². The second-order valence-electron chi connectivity index (χ2n) is 4.63. The molecule has 2 rings (SSSR count). The van der Waals surface area contributed by atoms with Gasteiger partial charge in [-0.3, -0.25) is 0 Å². The number of nitrogens with one attached hydrogen (secondary N) is 1. The number of anilines is 1. The van der Waals surface area contributed by atoms with Gasteiger partial charge in [0.25, 0.3) is 0 Å². The number of amides is 2. The molecule has 1 atom stereocenters. The maximum atomic E-state index is 13.8. The number of carbonyl (C=O) groups excluding carboxylic acids is 1. The fourth-order valence-electron chi connectivity index (χ4n) is 1.94. The molecule has 2 N–H and O–H groups in total. The summed E-state index contributed by atoms with van der Waals surface area (Å²) in [5.41, 5.74) is -0.351. The molecule has 1 aromatic carbocycles. The molecule has 1 aliphatic heterocycles. The standard InChI is InChI=1S/C13H14F2N2O4/c1-7-2-3-8(14)11(10(7)15)16-13(20)17-4-5-21-9(6-17)12(18)19/h2-3,9H,4-6H2,1H3,(H,16,20)(H,18,19). The number of urea groups is 1. The highest BCUT2D eigenvalue weighted by molar-refractivity contribution is 5.90. The summed E-state index contributed by atoms with van der Waals surface area (Å²) in [5.74, 6) is -2.94. The van der Waals surface area contributed by atoms with Crippen LogP contribution in [-0.2, 0) is 9.53 Å². The number of morpholine rings is 1. The van der Waals surface area contributed by atoms with Crippen LogP contribution in [0.15, 0.2) is 12.1 Å². The Morgan fingerprint density at radius 2 is 2.14 bits per heavy atom. The van der Waals surface area contributed by atoms with Gasteiger partial charge >= 0.3 is 12.0 Å². The number of hydrogen-bond donors (Lipinski definition) is 2. The van der Waals surface area contributed by atoms with Gasteiger partial charge in [-0.15, -0.1) is 0 Å². The average Bonchev–Trinajstić information content (AvgIpc) is 2.47. The van der Waals surface area contributed by atoms with Crippen molar-refractivity contribution in [2.75, 3.05) is 25.0 Å². The lowest BCUT2D eigenvalue weighted by atomic mass is 10.2. The fourth-order valence-corrected chi connectivity index (χ4v) is 1.94. The molecule has 0 saturated carbocycles. The van der Waals surface area contributed by atoms with Crippen LogP contribution in [0.3, 0.4) is 0 Å². The van der Waals surface area contributed by atoms with Crippen molar-refractivity contribution in [2.45, 2.75) is 13.0 Å². The van der Waals surface area contributed by atoms with E-state index in [0.717, 1.165) is 11.0 Å². The molecule has 1 heterocycles. The number of carboxylic acid groups (broad SMARTS) is 1. The lowest BCUT2D eigenvalue weighted by Gasteiger charge is -2.30. The first-order chi connectivity index (χ1) is 9.90. The zero-order chi connectivity index (χ0) is 15.6. The SMILES string of the molecule is Cc1ccc(F)c(NC(=O)N2CCOC(C(=O)O)C2)c1F. The molecule has 1 unspecified atom stereocenters. The number of carboxylic acids is 1. The molecular formula is C13H14F2N2O4. The van der Waals surface area contributed by atoms with Crippen molar-refractivity contribution in [1.82, 2.24) is 4.90 Å². The van der Waals surface area contributed by atoms with Crippen LogP contribution < -0.4 is 5.32 Å². The van der Waals surface area contributed by atoms with Crippen LogP contribution >= 0.6 is 0 Å². The minimum absolute atomic E-state index is 0.0448. The van der Waals surface area contributed by atoms with E-state index in [4.69, 9.17) is 9.84 Å². The van der Waals surface area contributed by atoms with Gasteiger partial charge in [-0.05, 0) is 18.6 Å². The van der Waals surface area contributed by atoms with E-state index in [1.807, 2.05) is 0 Å². The summed E-state index contributed by atoms with van der Waals surface area (Å²) in [7, 11) is 0. The van der Waals surface area contributed by atoms with Crippen molar-refractivity contribution >= 4 is 17.7 Å². The van der Waals surface area contributed by atoms with E-state index in [2.05, 4.69) is 5.32 Å². The third-order valence-corrected chi connectivity index (χ3v) is 3.15. The summed E-state index contributed by atoms with van der Waals surface area (Å²) in [4.78, 5) is 24.0. The van der Waals surface area contributed by atoms with Gasteiger partial charge in [-0.2, -0.15) is 0 Å². The highest BCUT2D eigenvalue weighted by Gasteiger charge is 2.29. The number of aryl methyl sites for hydroxylation is 1. The Morgan fingerprint density at radius 1 is 1.43 bits per heavy atom. The lowest BCUT2D eigenvalue weighted by molar-refractivity contribution is -0.154. The molecule has 0 radical (unpaired) electrons. The van der Waals surface area contributed by atoms with E-state index in [9.17, 15) is 18.4 Å². The number of rotatable bonds is 2. The third kappa shape index (κ3) is 3.27. The van der Waals surface area contributed by atoms with Gasteiger partial charge in [0.05, 0.1) is 13.2 Å². The Labute approximate surface area is 119 Å². The Hall–Kier alpha value is -2.22. The largest absolute Gasteiger partial charge is 0.479 e. The predicted molar refractivity (Wildman–Crippen MR) is 69.1 cm³/mol. The van der Waals surface area contributed by atoms with E-state index in [1.54, 1.807) is 0 Å². The summed E-state index contributed by atoms with van der Waals surface area (Å²) >= 11 is 0. The molecule has 1 saturated heterocycles. The van der Waals surface area contributed by atoms with E-state index in [-0.39, 0.29) is 25.3 Å². The molecule has 0 aliphatic carbocycles. The van der Waals surface area contributed by atoms with Crippen molar-refractivity contribution in [3.8, 4) is 0 Å². The molecular weight excluding hydrogens is 286 g/mol. The summed E-state index contributed by atoms with van der Waals surface area (Å²) in [6.45, 7) is 1.45. The zero-order valence-electron chi connectivity index (χ0n) is 11.2. The number of ether oxygens (including phenoxy) is 1. The maximum absolute atomic E-state index is 13.8. The van der Waals surface area contributed by atoms with Gasteiger partial charge in [-0.1, -0.05) is 6.07 Å². The van der Waals surface area contributed by atoms with Gasteiger partial charge < -0.3 is 20.1 Å². The number of carbonyl (C=O) groups is 2. The number of nitrogens with zero attached hydrogens (tertiary/aromatic N) is 1. The number of aliphatic carboxylic acids is 1. The molecule has 8 heteroatoms. The van der Waals surface area contributed by atoms with Gasteiger partial charge in [0.2, 0.25) is 0 Å². The second kappa shape index (κ2) is 6.04. The first kappa shape index (κ1) is 15.2. The van der Waals surface area contributed by atoms with Crippen molar-refractivity contribution in [1.29, 1.82) is 0 Å². The molecule has 6 nitrogen and oxygen atoms in total. The molecule has 0 spiro atoms. The van der Waals surface area contributed by atoms with Gasteiger partial charge in [0, 0.05) is 6.54 Å². The number of benzene rings is 1. The molecule has 1 aliphatic rings. The van der Waals surface area contributed by atoms with Gasteiger partial charge in [0.15, 0.2) is 11.9 Å². The van der Waals surface area contributed by atoms with Crippen LogP contribution in [0.2, 0.25) is 0 Å². The summed E-state index contributed by atoms with van der Waals surface area (Å²) in [5, 5.41) is 11.0. The van der Waals surface area contributed by atoms with Crippen molar-refractivity contribution < 1.29 is 28.2 Å². The quantitative estimate of drug-likeness (QED) is 0.869. The van der Waals surface area contributed by atoms with Crippen LogP contribution in [0.5, 0.6) is 0 Å². The topological polar surface area (TPSA) is 78.9 Å². The first-order valence-electron chi connectivity index (χ1n) is 6.25. The fraction of sp³-hybridized carbons (Fsp3) is 0.385. The van der Waals surface area contributed by atoms with Gasteiger partial charge in [0.1, 0.15) is 11.5 Å². The Kier molecular flexibility index (Phi) is 4.37. The van der Waals surface area contributed by atoms with Crippen LogP contribution in [0.1, 0.15) is 5.56 Å². The van der Waals surface area contributed by atoms with Crippen LogP contribution in [-0.4, -0.2) is 47.8 Å². The molecule has 0 aromatic heterocycles. The van der Waals surface area contributed by atoms with E-state index >= 15 is 0 Å². The molecule has 21 heavy (non-hydrogen) atoms. The molecule has 2 amide bonds. The summed E-state index contributed by atoms with van der Waals surface area (Å²) in [6.07, 6.45) is -1.14. The van der Waals surface area contributed by atoms with Gasteiger partial charge in [-0.25, -0.2) is 18.4 Å².